The zero-order valence-electron chi connectivity index (χ0n) is 13.9. The first-order valence-corrected chi connectivity index (χ1v) is 7.85. The van der Waals surface area contributed by atoms with E-state index < -0.39 is 11.9 Å². The van der Waals surface area contributed by atoms with Crippen molar-refractivity contribution >= 4 is 17.8 Å². The Kier molecular flexibility index (Phi) is 5.78. The van der Waals surface area contributed by atoms with E-state index in [1.807, 2.05) is 24.3 Å². The van der Waals surface area contributed by atoms with Crippen LogP contribution in [0, 0.1) is 5.92 Å². The van der Waals surface area contributed by atoms with Gasteiger partial charge >= 0.3 is 5.97 Å². The minimum atomic E-state index is -1.05. The summed E-state index contributed by atoms with van der Waals surface area (Å²) in [6.07, 6.45) is 0.130. The molecule has 1 fully saturated rings. The van der Waals surface area contributed by atoms with Gasteiger partial charge in [0.25, 0.3) is 0 Å². The zero-order chi connectivity index (χ0) is 17.7. The van der Waals surface area contributed by atoms with Crippen LogP contribution >= 0.6 is 0 Å². The molecule has 2 rings (SSSR count). The third kappa shape index (κ3) is 4.24. The second kappa shape index (κ2) is 7.81. The maximum Gasteiger partial charge on any atom is 0.323 e. The molecule has 1 heterocycles. The van der Waals surface area contributed by atoms with Gasteiger partial charge in [0, 0.05) is 26.1 Å². The van der Waals surface area contributed by atoms with E-state index in [0.29, 0.717) is 19.6 Å². The number of benzene rings is 1. The molecule has 0 saturated carbocycles. The number of carboxylic acids is 1. The summed E-state index contributed by atoms with van der Waals surface area (Å²) >= 11 is 0. The Balaban J connectivity index is 1.99. The normalized spacial score (nSPS) is 17.0. The van der Waals surface area contributed by atoms with Gasteiger partial charge in [-0.05, 0) is 24.6 Å². The Bertz CT molecular complexity index is 614. The predicted octanol–water partition coefficient (Wildman–Crippen LogP) is 0.977. The molecule has 1 aromatic carbocycles. The molecule has 7 nitrogen and oxygen atoms in total. The second-order valence-corrected chi connectivity index (χ2v) is 5.77. The van der Waals surface area contributed by atoms with E-state index in [1.165, 1.54) is 4.90 Å². The molecule has 2 amide bonds. The van der Waals surface area contributed by atoms with Crippen LogP contribution in [0.2, 0.25) is 0 Å². The number of hydrogen-bond donors (Lipinski definition) is 1. The molecule has 1 aliphatic rings. The fourth-order valence-electron chi connectivity index (χ4n) is 2.81. The summed E-state index contributed by atoms with van der Waals surface area (Å²) in [6, 6.07) is 7.41. The molecule has 130 valence electrons. The summed E-state index contributed by atoms with van der Waals surface area (Å²) in [5, 5.41) is 8.87. The van der Waals surface area contributed by atoms with Crippen molar-refractivity contribution in [1.29, 1.82) is 0 Å². The lowest BCUT2D eigenvalue weighted by atomic mass is 10.1. The number of likely N-dealkylation sites (tertiary alicyclic amines) is 1. The van der Waals surface area contributed by atoms with Crippen LogP contribution in [-0.4, -0.2) is 59.4 Å². The Morgan fingerprint density at radius 3 is 2.54 bits per heavy atom. The van der Waals surface area contributed by atoms with Crippen molar-refractivity contribution in [3.05, 3.63) is 29.8 Å². The highest BCUT2D eigenvalue weighted by molar-refractivity contribution is 5.90. The van der Waals surface area contributed by atoms with Crippen LogP contribution in [0.25, 0.3) is 0 Å². The minimum Gasteiger partial charge on any atom is -0.497 e. The molecule has 0 bridgehead atoms. The fraction of sp³-hybridized carbons (Fsp3) is 0.471. The number of nitrogens with zero attached hydrogens (tertiary/aromatic N) is 2. The number of aliphatic carboxylic acids is 1. The van der Waals surface area contributed by atoms with Crippen molar-refractivity contribution in [1.82, 2.24) is 9.80 Å². The third-order valence-electron chi connectivity index (χ3n) is 4.12. The first kappa shape index (κ1) is 17.8. The fourth-order valence-corrected chi connectivity index (χ4v) is 2.81. The first-order chi connectivity index (χ1) is 11.4. The van der Waals surface area contributed by atoms with Crippen molar-refractivity contribution in [3.8, 4) is 5.75 Å². The van der Waals surface area contributed by atoms with Crippen molar-refractivity contribution < 1.29 is 24.2 Å². The van der Waals surface area contributed by atoms with Gasteiger partial charge in [0.2, 0.25) is 11.8 Å². The summed E-state index contributed by atoms with van der Waals surface area (Å²) in [6.45, 7) is 2.46. The van der Waals surface area contributed by atoms with Crippen LogP contribution in [0.5, 0.6) is 5.75 Å². The molecule has 1 unspecified atom stereocenters. The van der Waals surface area contributed by atoms with Crippen LogP contribution < -0.4 is 4.74 Å². The quantitative estimate of drug-likeness (QED) is 0.803. The van der Waals surface area contributed by atoms with Gasteiger partial charge < -0.3 is 19.6 Å². The smallest absolute Gasteiger partial charge is 0.323 e. The van der Waals surface area contributed by atoms with E-state index in [9.17, 15) is 14.4 Å². The standard InChI is InChI=1S/C17H22N2O5/c1-3-18(11-16(21)22)17(23)13-8-15(20)19(10-13)9-12-4-6-14(24-2)7-5-12/h4-7,13H,3,8-11H2,1-2H3,(H,21,22). The van der Waals surface area contributed by atoms with Crippen molar-refractivity contribution in [2.75, 3.05) is 26.7 Å². The average molecular weight is 334 g/mol. The number of ether oxygens (including phenoxy) is 1. The van der Waals surface area contributed by atoms with Gasteiger partial charge in [-0.25, -0.2) is 0 Å². The number of carboxylic acid groups (broad SMARTS) is 1. The predicted molar refractivity (Wildman–Crippen MR) is 86.4 cm³/mol. The molecule has 1 N–H and O–H groups in total. The third-order valence-corrected chi connectivity index (χ3v) is 4.12. The zero-order valence-corrected chi connectivity index (χ0v) is 13.9. The molecule has 0 radical (unpaired) electrons. The summed E-state index contributed by atoms with van der Waals surface area (Å²) in [4.78, 5) is 38.3. The van der Waals surface area contributed by atoms with Crippen molar-refractivity contribution in [3.63, 3.8) is 0 Å². The van der Waals surface area contributed by atoms with Gasteiger partial charge in [0.15, 0.2) is 0 Å². The van der Waals surface area contributed by atoms with E-state index in [0.717, 1.165) is 11.3 Å². The van der Waals surface area contributed by atoms with E-state index >= 15 is 0 Å². The second-order valence-electron chi connectivity index (χ2n) is 5.77. The maximum atomic E-state index is 12.4. The monoisotopic (exact) mass is 334 g/mol. The minimum absolute atomic E-state index is 0.0875. The summed E-state index contributed by atoms with van der Waals surface area (Å²) in [5.74, 6) is -1.15. The lowest BCUT2D eigenvalue weighted by molar-refractivity contribution is -0.146. The number of rotatable bonds is 7. The Morgan fingerprint density at radius 2 is 2.00 bits per heavy atom. The summed E-state index contributed by atoms with van der Waals surface area (Å²) in [7, 11) is 1.59. The molecular formula is C17H22N2O5. The summed E-state index contributed by atoms with van der Waals surface area (Å²) in [5.41, 5.74) is 0.954. The number of methoxy groups -OCH3 is 1. The van der Waals surface area contributed by atoms with Gasteiger partial charge in [-0.1, -0.05) is 12.1 Å². The number of carbonyl (C=O) groups is 3. The molecule has 0 aromatic heterocycles. The van der Waals surface area contributed by atoms with Crippen LogP contribution in [0.3, 0.4) is 0 Å². The molecule has 1 aliphatic heterocycles. The van der Waals surface area contributed by atoms with E-state index in [-0.39, 0.29) is 24.8 Å². The molecule has 1 atom stereocenters. The highest BCUT2D eigenvalue weighted by Crippen LogP contribution is 2.23. The lowest BCUT2D eigenvalue weighted by Crippen LogP contribution is -2.40. The highest BCUT2D eigenvalue weighted by atomic mass is 16.5. The topological polar surface area (TPSA) is 87.2 Å². The van der Waals surface area contributed by atoms with Crippen molar-refractivity contribution in [2.24, 2.45) is 5.92 Å². The Labute approximate surface area is 140 Å². The molecule has 1 aromatic rings. The van der Waals surface area contributed by atoms with Gasteiger partial charge in [0.1, 0.15) is 12.3 Å². The van der Waals surface area contributed by atoms with Crippen LogP contribution in [-0.2, 0) is 20.9 Å². The summed E-state index contributed by atoms with van der Waals surface area (Å²) < 4.78 is 5.10. The van der Waals surface area contributed by atoms with Gasteiger partial charge in [-0.2, -0.15) is 0 Å². The number of carbonyl (C=O) groups excluding carboxylic acids is 2. The number of hydrogen-bond acceptors (Lipinski definition) is 4. The van der Waals surface area contributed by atoms with E-state index in [2.05, 4.69) is 0 Å². The SMILES string of the molecule is CCN(CC(=O)O)C(=O)C1CC(=O)N(Cc2ccc(OC)cc2)C1. The van der Waals surface area contributed by atoms with Gasteiger partial charge in [-0.15, -0.1) is 0 Å². The maximum absolute atomic E-state index is 12.4. The molecule has 24 heavy (non-hydrogen) atoms. The molecular weight excluding hydrogens is 312 g/mol. The number of likely N-dealkylation sites (N-methyl/N-ethyl adjacent to an activating group) is 1. The van der Waals surface area contributed by atoms with Crippen molar-refractivity contribution in [2.45, 2.75) is 19.9 Å². The Hall–Kier alpha value is -2.57. The molecule has 0 aliphatic carbocycles. The van der Waals surface area contributed by atoms with Crippen LogP contribution in [0.15, 0.2) is 24.3 Å². The van der Waals surface area contributed by atoms with Gasteiger partial charge in [0.05, 0.1) is 13.0 Å². The molecule has 1 saturated heterocycles. The van der Waals surface area contributed by atoms with E-state index in [1.54, 1.807) is 18.9 Å². The first-order valence-electron chi connectivity index (χ1n) is 7.85. The van der Waals surface area contributed by atoms with Crippen LogP contribution in [0.1, 0.15) is 18.9 Å². The highest BCUT2D eigenvalue weighted by Gasteiger charge is 2.36. The van der Waals surface area contributed by atoms with Crippen LogP contribution in [0.4, 0.5) is 0 Å². The largest absolute Gasteiger partial charge is 0.497 e. The number of amides is 2. The van der Waals surface area contributed by atoms with Gasteiger partial charge in [-0.3, -0.25) is 14.4 Å². The molecule has 0 spiro atoms. The van der Waals surface area contributed by atoms with E-state index in [4.69, 9.17) is 9.84 Å². The Morgan fingerprint density at radius 1 is 1.33 bits per heavy atom. The lowest BCUT2D eigenvalue weighted by Gasteiger charge is -2.22. The molecule has 7 heteroatoms. The average Bonchev–Trinajstić information content (AvgIpc) is 2.93.